The Morgan fingerprint density at radius 2 is 2.00 bits per heavy atom. The fraction of sp³-hybridized carbons (Fsp3) is 0.200. The molecule has 0 aliphatic rings. The third-order valence-electron chi connectivity index (χ3n) is 3.06. The van der Waals surface area contributed by atoms with Gasteiger partial charge in [-0.25, -0.2) is 4.39 Å². The number of nitrogens with one attached hydrogen (secondary N) is 1. The van der Waals surface area contributed by atoms with Crippen molar-refractivity contribution in [3.63, 3.8) is 0 Å². The van der Waals surface area contributed by atoms with Crippen molar-refractivity contribution < 1.29 is 13.2 Å². The normalized spacial score (nSPS) is 12.5. The van der Waals surface area contributed by atoms with Gasteiger partial charge in [0.25, 0.3) is 0 Å². The summed E-state index contributed by atoms with van der Waals surface area (Å²) in [7, 11) is 0. The fourth-order valence-electron chi connectivity index (χ4n) is 1.87. The van der Waals surface area contributed by atoms with E-state index in [1.165, 1.54) is 12.1 Å². The quantitative estimate of drug-likeness (QED) is 0.780. The van der Waals surface area contributed by atoms with Crippen LogP contribution in [0.5, 0.6) is 0 Å². The standard InChI is InChI=1S/C15H14FN3O2/c1-10(17-9-13-3-2-8-20-13)14-18-19-15(21-14)11-4-6-12(16)7-5-11/h2-8,10,17H,9H2,1H3. The first kappa shape index (κ1) is 13.5. The van der Waals surface area contributed by atoms with E-state index in [9.17, 15) is 4.39 Å². The Morgan fingerprint density at radius 1 is 1.19 bits per heavy atom. The van der Waals surface area contributed by atoms with Crippen LogP contribution in [0.4, 0.5) is 4.39 Å². The van der Waals surface area contributed by atoms with Gasteiger partial charge in [0.1, 0.15) is 11.6 Å². The van der Waals surface area contributed by atoms with Gasteiger partial charge in [-0.15, -0.1) is 10.2 Å². The second-order valence-electron chi connectivity index (χ2n) is 4.63. The van der Waals surface area contributed by atoms with Gasteiger partial charge in [0, 0.05) is 5.56 Å². The van der Waals surface area contributed by atoms with Crippen LogP contribution in [-0.4, -0.2) is 10.2 Å². The molecule has 108 valence electrons. The average Bonchev–Trinajstić information content (AvgIpc) is 3.17. The second-order valence-corrected chi connectivity index (χ2v) is 4.63. The molecule has 5 nitrogen and oxygen atoms in total. The fourth-order valence-corrected chi connectivity index (χ4v) is 1.87. The molecule has 0 amide bonds. The van der Waals surface area contributed by atoms with Crippen LogP contribution in [0, 0.1) is 5.82 Å². The number of hydrogen-bond donors (Lipinski definition) is 1. The largest absolute Gasteiger partial charge is 0.468 e. The predicted octanol–water partition coefficient (Wildman–Crippen LogP) is 3.32. The van der Waals surface area contributed by atoms with E-state index in [1.54, 1.807) is 18.4 Å². The molecule has 0 saturated heterocycles. The zero-order valence-electron chi connectivity index (χ0n) is 11.4. The van der Waals surface area contributed by atoms with Crippen molar-refractivity contribution in [2.75, 3.05) is 0 Å². The topological polar surface area (TPSA) is 64.1 Å². The van der Waals surface area contributed by atoms with Gasteiger partial charge in [-0.1, -0.05) is 0 Å². The molecule has 0 spiro atoms. The first-order valence-electron chi connectivity index (χ1n) is 6.57. The van der Waals surface area contributed by atoms with Gasteiger partial charge in [-0.3, -0.25) is 5.32 Å². The van der Waals surface area contributed by atoms with Crippen LogP contribution >= 0.6 is 0 Å². The van der Waals surface area contributed by atoms with Crippen LogP contribution in [-0.2, 0) is 6.54 Å². The molecule has 0 radical (unpaired) electrons. The molecule has 0 fully saturated rings. The van der Waals surface area contributed by atoms with E-state index < -0.39 is 0 Å². The van der Waals surface area contributed by atoms with Crippen LogP contribution in [0.3, 0.4) is 0 Å². The molecule has 21 heavy (non-hydrogen) atoms. The lowest BCUT2D eigenvalue weighted by Gasteiger charge is -2.07. The number of benzene rings is 1. The molecule has 0 aliphatic carbocycles. The molecule has 1 aromatic carbocycles. The highest BCUT2D eigenvalue weighted by molar-refractivity contribution is 5.51. The van der Waals surface area contributed by atoms with E-state index in [4.69, 9.17) is 8.83 Å². The highest BCUT2D eigenvalue weighted by Crippen LogP contribution is 2.21. The van der Waals surface area contributed by atoms with Crippen molar-refractivity contribution in [3.05, 3.63) is 60.1 Å². The smallest absolute Gasteiger partial charge is 0.247 e. The maximum Gasteiger partial charge on any atom is 0.247 e. The zero-order valence-corrected chi connectivity index (χ0v) is 11.4. The Balaban J connectivity index is 1.67. The summed E-state index contributed by atoms with van der Waals surface area (Å²) in [5.74, 6) is 1.38. The highest BCUT2D eigenvalue weighted by atomic mass is 19.1. The Bertz CT molecular complexity index is 692. The van der Waals surface area contributed by atoms with Crippen molar-refractivity contribution in [2.45, 2.75) is 19.5 Å². The first-order chi connectivity index (χ1) is 10.2. The second kappa shape index (κ2) is 5.88. The Hall–Kier alpha value is -2.47. The minimum atomic E-state index is -0.299. The molecule has 0 saturated carbocycles. The van der Waals surface area contributed by atoms with Gasteiger partial charge >= 0.3 is 0 Å². The molecular weight excluding hydrogens is 273 g/mol. The van der Waals surface area contributed by atoms with Crippen molar-refractivity contribution in [1.82, 2.24) is 15.5 Å². The summed E-state index contributed by atoms with van der Waals surface area (Å²) < 4.78 is 23.7. The van der Waals surface area contributed by atoms with Gasteiger partial charge in [-0.05, 0) is 43.3 Å². The van der Waals surface area contributed by atoms with Gasteiger partial charge < -0.3 is 8.83 Å². The predicted molar refractivity (Wildman–Crippen MR) is 73.7 cm³/mol. The van der Waals surface area contributed by atoms with Crippen molar-refractivity contribution in [3.8, 4) is 11.5 Å². The molecule has 2 aromatic heterocycles. The van der Waals surface area contributed by atoms with Crippen molar-refractivity contribution in [2.24, 2.45) is 0 Å². The summed E-state index contributed by atoms with van der Waals surface area (Å²) in [5, 5.41) is 11.2. The van der Waals surface area contributed by atoms with Crippen LogP contribution in [0.2, 0.25) is 0 Å². The molecule has 0 bridgehead atoms. The molecule has 3 aromatic rings. The maximum atomic E-state index is 12.9. The molecule has 6 heteroatoms. The number of furan rings is 1. The number of hydrogen-bond acceptors (Lipinski definition) is 5. The van der Waals surface area contributed by atoms with Crippen LogP contribution < -0.4 is 5.32 Å². The SMILES string of the molecule is CC(NCc1ccco1)c1nnc(-c2ccc(F)cc2)o1. The molecule has 3 rings (SSSR count). The van der Waals surface area contributed by atoms with E-state index in [1.807, 2.05) is 19.1 Å². The molecule has 1 atom stereocenters. The van der Waals surface area contributed by atoms with Crippen LogP contribution in [0.1, 0.15) is 24.6 Å². The van der Waals surface area contributed by atoms with Crippen LogP contribution in [0.25, 0.3) is 11.5 Å². The Labute approximate surface area is 120 Å². The summed E-state index contributed by atoms with van der Waals surface area (Å²) in [6, 6.07) is 9.53. The summed E-state index contributed by atoms with van der Waals surface area (Å²) in [5.41, 5.74) is 0.688. The van der Waals surface area contributed by atoms with Gasteiger partial charge in [0.2, 0.25) is 11.8 Å². The molecular formula is C15H14FN3O2. The molecule has 1 N–H and O–H groups in total. The number of rotatable bonds is 5. The van der Waals surface area contributed by atoms with Crippen molar-refractivity contribution >= 4 is 0 Å². The summed E-state index contributed by atoms with van der Waals surface area (Å²) in [6.45, 7) is 2.49. The van der Waals surface area contributed by atoms with Crippen molar-refractivity contribution in [1.29, 1.82) is 0 Å². The minimum Gasteiger partial charge on any atom is -0.468 e. The van der Waals surface area contributed by atoms with Gasteiger partial charge in [0.05, 0.1) is 18.8 Å². The Kier molecular flexibility index (Phi) is 3.79. The monoisotopic (exact) mass is 287 g/mol. The summed E-state index contributed by atoms with van der Waals surface area (Å²) in [6.07, 6.45) is 1.63. The summed E-state index contributed by atoms with van der Waals surface area (Å²) >= 11 is 0. The lowest BCUT2D eigenvalue weighted by Crippen LogP contribution is -2.18. The van der Waals surface area contributed by atoms with E-state index >= 15 is 0 Å². The van der Waals surface area contributed by atoms with E-state index in [-0.39, 0.29) is 11.9 Å². The average molecular weight is 287 g/mol. The number of aromatic nitrogens is 2. The number of halogens is 1. The molecule has 0 aliphatic heterocycles. The molecule has 1 unspecified atom stereocenters. The van der Waals surface area contributed by atoms with Gasteiger partial charge in [0.15, 0.2) is 0 Å². The van der Waals surface area contributed by atoms with E-state index in [0.29, 0.717) is 23.9 Å². The zero-order chi connectivity index (χ0) is 14.7. The first-order valence-corrected chi connectivity index (χ1v) is 6.57. The molecule has 2 heterocycles. The van der Waals surface area contributed by atoms with E-state index in [2.05, 4.69) is 15.5 Å². The summed E-state index contributed by atoms with van der Waals surface area (Å²) in [4.78, 5) is 0. The maximum absolute atomic E-state index is 12.9. The third kappa shape index (κ3) is 3.17. The Morgan fingerprint density at radius 3 is 2.71 bits per heavy atom. The van der Waals surface area contributed by atoms with E-state index in [0.717, 1.165) is 5.76 Å². The lowest BCUT2D eigenvalue weighted by molar-refractivity contribution is 0.400. The van der Waals surface area contributed by atoms with Crippen LogP contribution in [0.15, 0.2) is 51.5 Å². The third-order valence-corrected chi connectivity index (χ3v) is 3.06. The number of nitrogens with zero attached hydrogens (tertiary/aromatic N) is 2. The minimum absolute atomic E-state index is 0.114. The highest BCUT2D eigenvalue weighted by Gasteiger charge is 2.15. The van der Waals surface area contributed by atoms with Gasteiger partial charge in [-0.2, -0.15) is 0 Å². The lowest BCUT2D eigenvalue weighted by atomic mass is 10.2.